The lowest BCUT2D eigenvalue weighted by Crippen LogP contribution is -2.65. The highest BCUT2D eigenvalue weighted by molar-refractivity contribution is 14.0. The van der Waals surface area contributed by atoms with E-state index in [4.69, 9.17) is 10.5 Å². The van der Waals surface area contributed by atoms with E-state index in [9.17, 15) is 0 Å². The van der Waals surface area contributed by atoms with Gasteiger partial charge in [-0.1, -0.05) is 26.0 Å². The number of nitrogens with two attached hydrogens (primary N) is 1. The summed E-state index contributed by atoms with van der Waals surface area (Å²) in [5.74, 6) is 0.522. The van der Waals surface area contributed by atoms with Crippen molar-refractivity contribution in [3.8, 4) is 0 Å². The molecule has 0 aliphatic heterocycles. The summed E-state index contributed by atoms with van der Waals surface area (Å²) in [5.41, 5.74) is 7.15. The van der Waals surface area contributed by atoms with Gasteiger partial charge in [0.25, 0.3) is 0 Å². The van der Waals surface area contributed by atoms with Crippen LogP contribution in [0.3, 0.4) is 0 Å². The van der Waals surface area contributed by atoms with Crippen LogP contribution in [0.4, 0.5) is 0 Å². The summed E-state index contributed by atoms with van der Waals surface area (Å²) in [6.07, 6.45) is 3.55. The molecule has 0 heterocycles. The van der Waals surface area contributed by atoms with Crippen LogP contribution in [0.2, 0.25) is 0 Å². The lowest BCUT2D eigenvalue weighted by atomic mass is 9.58. The lowest BCUT2D eigenvalue weighted by Gasteiger charge is -2.55. The molecule has 0 amide bonds. The van der Waals surface area contributed by atoms with Crippen LogP contribution in [0.15, 0.2) is 17.1 Å². The maximum absolute atomic E-state index is 5.94. The first-order valence-electron chi connectivity index (χ1n) is 7.32. The maximum atomic E-state index is 5.94. The van der Waals surface area contributed by atoms with Gasteiger partial charge in [-0.2, -0.15) is 0 Å². The summed E-state index contributed by atoms with van der Waals surface area (Å²) in [6, 6.07) is 0.368. The zero-order valence-corrected chi connectivity index (χ0v) is 15.6. The van der Waals surface area contributed by atoms with E-state index in [0.29, 0.717) is 24.7 Å². The quantitative estimate of drug-likeness (QED) is 0.302. The van der Waals surface area contributed by atoms with Gasteiger partial charge in [-0.05, 0) is 33.1 Å². The molecule has 0 aromatic heterocycles. The molecule has 2 atom stereocenters. The average molecular weight is 395 g/mol. The van der Waals surface area contributed by atoms with Crippen molar-refractivity contribution in [1.29, 1.82) is 0 Å². The third-order valence-corrected chi connectivity index (χ3v) is 4.31. The minimum absolute atomic E-state index is 0. The topological polar surface area (TPSA) is 59.6 Å². The van der Waals surface area contributed by atoms with E-state index in [1.54, 1.807) is 0 Å². The Morgan fingerprint density at radius 2 is 2.00 bits per heavy atom. The van der Waals surface area contributed by atoms with Gasteiger partial charge in [0, 0.05) is 18.1 Å². The molecular formula is C15H30IN3O. The molecular weight excluding hydrogens is 365 g/mol. The highest BCUT2D eigenvalue weighted by Gasteiger charge is 2.53. The Balaban J connectivity index is 0.00000361. The van der Waals surface area contributed by atoms with Gasteiger partial charge >= 0.3 is 0 Å². The number of nitrogens with zero attached hydrogens (tertiary/aromatic N) is 1. The minimum atomic E-state index is 0. The zero-order valence-electron chi connectivity index (χ0n) is 13.2. The molecule has 1 saturated carbocycles. The third kappa shape index (κ3) is 4.35. The predicted molar refractivity (Wildman–Crippen MR) is 96.7 cm³/mol. The van der Waals surface area contributed by atoms with Crippen LogP contribution < -0.4 is 11.1 Å². The standard InChI is InChI=1S/C15H29N3O.HI/c1-6-15(7-2)12(9-13(15)19-8-3)18-14(16)17-10-11(4)5;/h12-13H,4,6-10H2,1-3,5H3,(H3,16,17,18);1H. The minimum Gasteiger partial charge on any atom is -0.378 e. The summed E-state index contributed by atoms with van der Waals surface area (Å²) >= 11 is 0. The van der Waals surface area contributed by atoms with E-state index in [1.165, 1.54) is 0 Å². The summed E-state index contributed by atoms with van der Waals surface area (Å²) in [4.78, 5) is 4.29. The normalized spacial score (nSPS) is 24.5. The van der Waals surface area contributed by atoms with E-state index >= 15 is 0 Å². The Hall–Kier alpha value is -0.300. The van der Waals surface area contributed by atoms with Gasteiger partial charge in [0.05, 0.1) is 12.6 Å². The first kappa shape index (κ1) is 19.7. The number of hydrogen-bond donors (Lipinski definition) is 2. The van der Waals surface area contributed by atoms with Gasteiger partial charge in [0.2, 0.25) is 0 Å². The van der Waals surface area contributed by atoms with Crippen molar-refractivity contribution in [2.24, 2.45) is 16.1 Å². The van der Waals surface area contributed by atoms with Crippen molar-refractivity contribution in [3.63, 3.8) is 0 Å². The number of aliphatic imine (C=N–C) groups is 1. The molecule has 1 fully saturated rings. The highest BCUT2D eigenvalue weighted by atomic mass is 127. The third-order valence-electron chi connectivity index (χ3n) is 4.31. The molecule has 1 aliphatic rings. The molecule has 0 bridgehead atoms. The molecule has 1 aliphatic carbocycles. The molecule has 0 aromatic carbocycles. The second-order valence-corrected chi connectivity index (χ2v) is 5.48. The van der Waals surface area contributed by atoms with E-state index in [-0.39, 0.29) is 29.4 Å². The molecule has 2 unspecified atom stereocenters. The molecule has 0 spiro atoms. The van der Waals surface area contributed by atoms with Crippen LogP contribution in [-0.4, -0.2) is 31.3 Å². The van der Waals surface area contributed by atoms with Crippen LogP contribution in [0, 0.1) is 5.41 Å². The second-order valence-electron chi connectivity index (χ2n) is 5.48. The number of ether oxygens (including phenoxy) is 1. The van der Waals surface area contributed by atoms with Crippen LogP contribution >= 0.6 is 24.0 Å². The van der Waals surface area contributed by atoms with Crippen molar-refractivity contribution in [2.75, 3.05) is 13.2 Å². The van der Waals surface area contributed by atoms with E-state index < -0.39 is 0 Å². The largest absolute Gasteiger partial charge is 0.378 e. The van der Waals surface area contributed by atoms with Crippen LogP contribution in [-0.2, 0) is 4.74 Å². The van der Waals surface area contributed by atoms with Crippen molar-refractivity contribution in [1.82, 2.24) is 5.32 Å². The van der Waals surface area contributed by atoms with E-state index in [1.807, 2.05) is 6.92 Å². The van der Waals surface area contributed by atoms with Crippen molar-refractivity contribution < 1.29 is 4.74 Å². The van der Waals surface area contributed by atoms with Crippen LogP contribution in [0.25, 0.3) is 0 Å². The fourth-order valence-electron chi connectivity index (χ4n) is 3.03. The highest BCUT2D eigenvalue weighted by Crippen LogP contribution is 2.48. The monoisotopic (exact) mass is 395 g/mol. The number of nitrogens with one attached hydrogen (secondary N) is 1. The van der Waals surface area contributed by atoms with Gasteiger partial charge in [0.15, 0.2) is 5.96 Å². The predicted octanol–water partition coefficient (Wildman–Crippen LogP) is 3.07. The molecule has 5 heteroatoms. The van der Waals surface area contributed by atoms with Crippen LogP contribution in [0.5, 0.6) is 0 Å². The summed E-state index contributed by atoms with van der Waals surface area (Å²) in [6.45, 7) is 13.7. The molecule has 118 valence electrons. The summed E-state index contributed by atoms with van der Waals surface area (Å²) < 4.78 is 5.85. The SMILES string of the molecule is C=C(C)CN=C(N)NC1CC(OCC)C1(CC)CC.I. The Kier molecular flexibility index (Phi) is 8.74. The van der Waals surface area contributed by atoms with E-state index in [2.05, 4.69) is 37.7 Å². The molecule has 3 N–H and O–H groups in total. The maximum Gasteiger partial charge on any atom is 0.189 e. The van der Waals surface area contributed by atoms with Crippen molar-refractivity contribution in [3.05, 3.63) is 12.2 Å². The number of hydrogen-bond acceptors (Lipinski definition) is 2. The molecule has 20 heavy (non-hydrogen) atoms. The first-order chi connectivity index (χ1) is 9.00. The van der Waals surface area contributed by atoms with Crippen molar-refractivity contribution >= 4 is 29.9 Å². The number of guanidine groups is 1. The Bertz CT molecular complexity index is 340. The fourth-order valence-corrected chi connectivity index (χ4v) is 3.03. The number of halogens is 1. The number of rotatable bonds is 7. The van der Waals surface area contributed by atoms with Gasteiger partial charge in [-0.3, -0.25) is 0 Å². The van der Waals surface area contributed by atoms with Gasteiger partial charge in [0.1, 0.15) is 0 Å². The first-order valence-corrected chi connectivity index (χ1v) is 7.32. The smallest absolute Gasteiger partial charge is 0.189 e. The molecule has 1 rings (SSSR count). The Morgan fingerprint density at radius 1 is 1.40 bits per heavy atom. The van der Waals surface area contributed by atoms with Gasteiger partial charge < -0.3 is 15.8 Å². The average Bonchev–Trinajstić information content (AvgIpc) is 2.36. The van der Waals surface area contributed by atoms with Crippen molar-refractivity contribution in [2.45, 2.75) is 59.1 Å². The molecule has 4 nitrogen and oxygen atoms in total. The summed E-state index contributed by atoms with van der Waals surface area (Å²) in [7, 11) is 0. The van der Waals surface area contributed by atoms with E-state index in [0.717, 1.165) is 31.4 Å². The molecule has 0 radical (unpaired) electrons. The second kappa shape index (κ2) is 8.87. The Morgan fingerprint density at radius 3 is 2.45 bits per heavy atom. The van der Waals surface area contributed by atoms with Crippen LogP contribution in [0.1, 0.15) is 47.0 Å². The lowest BCUT2D eigenvalue weighted by molar-refractivity contribution is -0.133. The fraction of sp³-hybridized carbons (Fsp3) is 0.800. The van der Waals surface area contributed by atoms with Gasteiger partial charge in [-0.15, -0.1) is 24.0 Å². The summed E-state index contributed by atoms with van der Waals surface area (Å²) in [5, 5.41) is 3.36. The molecule has 0 aromatic rings. The van der Waals surface area contributed by atoms with Gasteiger partial charge in [-0.25, -0.2) is 4.99 Å². The molecule has 0 saturated heterocycles. The zero-order chi connectivity index (χ0) is 14.5. The Labute approximate surface area is 140 Å².